The topological polar surface area (TPSA) is 259 Å². The monoisotopic (exact) mass is 1750 g/mol. The van der Waals surface area contributed by atoms with Gasteiger partial charge in [0.05, 0.1) is 39.4 Å². The minimum absolute atomic E-state index is 0. The summed E-state index contributed by atoms with van der Waals surface area (Å²) in [5.41, 5.74) is 40.7. The van der Waals surface area contributed by atoms with Gasteiger partial charge < -0.3 is 43.5 Å². The molecule has 16 aromatic carbocycles. The first-order chi connectivity index (χ1) is 57.0. The number of nitrogens with one attached hydrogen (secondary N) is 3. The van der Waals surface area contributed by atoms with Crippen molar-refractivity contribution in [3.8, 4) is 33.8 Å². The maximum atomic E-state index is 12.6. The fraction of sp³-hybridized carbons (Fsp3) is 0.154. The van der Waals surface area contributed by atoms with E-state index < -0.39 is 0 Å². The predicted octanol–water partition coefficient (Wildman–Crippen LogP) is 31.2. The summed E-state index contributed by atoms with van der Waals surface area (Å²) < 4.78 is 0. The van der Waals surface area contributed by atoms with Crippen molar-refractivity contribution in [1.29, 1.82) is 5.41 Å². The number of nitrogens with zero attached hydrogens (tertiary/aromatic N) is 2. The number of aliphatic imine (C=N–C) groups is 2. The third-order valence-corrected chi connectivity index (χ3v) is 22.3. The maximum absolute atomic E-state index is 12.6. The first-order valence-corrected chi connectivity index (χ1v) is 38.3. The lowest BCUT2D eigenvalue weighted by Crippen LogP contribution is -2.09. The van der Waals surface area contributed by atoms with Crippen LogP contribution in [-0.2, 0) is 0 Å². The molecule has 131 heavy (non-hydrogen) atoms. The molecule has 676 valence electrons. The van der Waals surface area contributed by atoms with Crippen LogP contribution < -0.4 is 27.8 Å². The average molecular weight is 1750 g/mol. The molecule has 0 radical (unpaired) electrons. The molecule has 7 aliphatic rings. The lowest BCUT2D eigenvalue weighted by molar-refractivity contribution is 0.102. The van der Waals surface area contributed by atoms with Crippen LogP contribution in [0, 0.1) is 5.41 Å². The molecule has 0 unspecified atom stereocenters. The van der Waals surface area contributed by atoms with Gasteiger partial charge in [-0.3, -0.25) is 29.2 Å². The van der Waals surface area contributed by atoms with Crippen LogP contribution in [0.5, 0.6) is 11.5 Å². The number of rotatable bonds is 2. The Morgan fingerprint density at radius 1 is 0.252 bits per heavy atom. The molecule has 0 spiro atoms. The number of carbonyl (C=O) groups excluding carboxylic acids is 4. The molecule has 16 aromatic rings. The highest BCUT2D eigenvalue weighted by Gasteiger charge is 2.30. The number of allylic oxidation sites excluding steroid dienone is 5. The normalized spacial score (nSPS) is 12.3. The Hall–Kier alpha value is -15.7. The Labute approximate surface area is 777 Å². The summed E-state index contributed by atoms with van der Waals surface area (Å²) in [4.78, 5) is 57.4. The summed E-state index contributed by atoms with van der Waals surface area (Å²) >= 11 is 0. The van der Waals surface area contributed by atoms with E-state index in [1.54, 1.807) is 49.5 Å². The van der Waals surface area contributed by atoms with Gasteiger partial charge in [-0.05, 0) is 161 Å². The van der Waals surface area contributed by atoms with Crippen LogP contribution in [0.15, 0.2) is 301 Å². The van der Waals surface area contributed by atoms with E-state index in [1.807, 2.05) is 227 Å². The minimum atomic E-state index is -0.0996. The summed E-state index contributed by atoms with van der Waals surface area (Å²) in [5.74, 6) is -0.0197. The summed E-state index contributed by atoms with van der Waals surface area (Å²) in [7, 11) is 7.43. The van der Waals surface area contributed by atoms with Crippen LogP contribution in [0.25, 0.3) is 128 Å². The van der Waals surface area contributed by atoms with Gasteiger partial charge in [-0.25, -0.2) is 0 Å². The van der Waals surface area contributed by atoms with Gasteiger partial charge in [-0.2, -0.15) is 0 Å². The van der Waals surface area contributed by atoms with Crippen molar-refractivity contribution in [2.45, 2.75) is 104 Å². The highest BCUT2D eigenvalue weighted by Crippen LogP contribution is 2.46. The molecule has 0 aliphatic heterocycles. The summed E-state index contributed by atoms with van der Waals surface area (Å²) in [5, 5.41) is 49.5. The van der Waals surface area contributed by atoms with Gasteiger partial charge in [0, 0.05) is 122 Å². The summed E-state index contributed by atoms with van der Waals surface area (Å²) in [6, 6.07) is 84.6. The zero-order chi connectivity index (χ0) is 80.9. The fourth-order valence-electron chi connectivity index (χ4n) is 16.9. The zero-order valence-corrected chi connectivity index (χ0v) is 64.3. The maximum Gasteiger partial charge on any atom is 0.198 e. The molecule has 11 N–H and O–H groups in total. The Bertz CT molecular complexity index is 7120. The molecule has 0 bridgehead atoms. The van der Waals surface area contributed by atoms with Crippen LogP contribution in [0.4, 0.5) is 28.4 Å². The van der Waals surface area contributed by atoms with Crippen LogP contribution in [-0.4, -0.2) is 78.7 Å². The Morgan fingerprint density at radius 3 is 1.03 bits per heavy atom. The molecule has 0 amide bonds. The average Bonchev–Trinajstić information content (AvgIpc) is 0.733. The van der Waals surface area contributed by atoms with E-state index in [4.69, 9.17) is 22.6 Å². The molecule has 0 saturated heterocycles. The van der Waals surface area contributed by atoms with Gasteiger partial charge in [-0.15, -0.1) is 0 Å². The highest BCUT2D eigenvalue weighted by molar-refractivity contribution is 6.31. The van der Waals surface area contributed by atoms with Crippen molar-refractivity contribution in [2.24, 2.45) is 9.98 Å². The molecule has 0 saturated carbocycles. The molecule has 7 aliphatic carbocycles. The number of ketones is 4. The van der Waals surface area contributed by atoms with Crippen LogP contribution in [0.3, 0.4) is 0 Å². The van der Waals surface area contributed by atoms with Crippen molar-refractivity contribution in [1.82, 2.24) is 0 Å². The second-order valence-corrected chi connectivity index (χ2v) is 28.8. The first-order valence-electron chi connectivity index (χ1n) is 38.3. The van der Waals surface area contributed by atoms with Gasteiger partial charge in [0.15, 0.2) is 23.1 Å². The molecule has 14 heteroatoms. The zero-order valence-electron chi connectivity index (χ0n) is 64.3. The summed E-state index contributed by atoms with van der Waals surface area (Å²) in [6.07, 6.45) is 19.0. The number of aromatic hydroxyl groups is 2. The summed E-state index contributed by atoms with van der Waals surface area (Å²) in [6.45, 7) is 0. The number of anilines is 5. The van der Waals surface area contributed by atoms with Gasteiger partial charge in [0.2, 0.25) is 0 Å². The number of benzene rings is 16. The minimum Gasteiger partial charge on any atom is -0.507 e. The lowest BCUT2D eigenvalue weighted by Gasteiger charge is -2.20. The molecule has 14 nitrogen and oxygen atoms in total. The van der Waals surface area contributed by atoms with E-state index in [9.17, 15) is 29.4 Å². The number of fused-ring (bicyclic) bond motifs is 4. The van der Waals surface area contributed by atoms with E-state index in [0.717, 1.165) is 138 Å². The smallest absolute Gasteiger partial charge is 0.198 e. The van der Waals surface area contributed by atoms with Gasteiger partial charge >= 0.3 is 0 Å². The number of hydrogen-bond acceptors (Lipinski definition) is 14. The van der Waals surface area contributed by atoms with E-state index >= 15 is 0 Å². The second kappa shape index (κ2) is 45.7. The Balaban J connectivity index is 0.000000388. The SMILES string of the molecule is C.C.C.C.C.C.C.C.C.C.C.C.C.C.CN=C1C=Cc2cccc3ccc(N)c1c23.CN=C1C=Cc2cccc3ccc(NC)c1c23.CNc1ccc2cccc3c2c1C(=O)C=C3.N=C1C=Cc2cccc3ccc(N)c1c23.Nc1ccc2cccc3c2c1C(=O)C=C3.O=C1c2c(O)cccc2-c2cccc3cccc1c23.O=C1c2ccccc2-c2cccc3ccc(O)c1c23. The van der Waals surface area contributed by atoms with E-state index in [1.165, 1.54) is 38.2 Å². The van der Waals surface area contributed by atoms with Crippen molar-refractivity contribution >= 4 is 174 Å². The number of phenols is 2. The number of carbonyl (C=O) groups is 4. The van der Waals surface area contributed by atoms with Crippen LogP contribution >= 0.6 is 0 Å². The van der Waals surface area contributed by atoms with Crippen molar-refractivity contribution in [3.63, 3.8) is 0 Å². The number of nitrogens with two attached hydrogens (primary N) is 3. The molecule has 23 rings (SSSR count). The molecular formula is C117H132N8O6. The van der Waals surface area contributed by atoms with Gasteiger partial charge in [-0.1, -0.05) is 353 Å². The van der Waals surface area contributed by atoms with Crippen molar-refractivity contribution in [3.05, 3.63) is 369 Å². The standard InChI is InChI=1S/2C17H10O2.C15H14N2.C14H12N2.C14H11NO.C13H10N2.C13H9NO.14CH4/c18-14-9-3-7-12-11-6-1-4-10-5-2-8-13(15(10)11)17(19)16(12)14;18-14-9-8-10-4-3-7-12-11-5-1-2-6-13(11)17(19)16(14)15(10)12;1-16-12-8-6-10-4-3-5-11-7-9-13(17-2)15(12)14(10)11;1-16-12-8-6-10-4-2-3-9-5-7-11(15)14(12)13(9)10;1-15-11-7-5-9-3-2-4-10-6-8-12(16)14(11)13(9)10;2*14-10-6-4-8-2-1-3-9-5-7-11(15)13(10)12(8)9;;;;;;;;;;;;;;/h2*1-9,18H;3-9,16H,1-2H3;2-8H,15H2,1H3;2-8,15H,1H3;1-7,14H,15H2;1-7H,14H2;14*1H4. The van der Waals surface area contributed by atoms with Gasteiger partial charge in [0.25, 0.3) is 0 Å². The second-order valence-electron chi connectivity index (χ2n) is 28.8. The Kier molecular flexibility index (Phi) is 38.2. The number of nitrogen functional groups attached to an aromatic ring is 3. The molecular weight excluding hydrogens is 1610 g/mol. The lowest BCUT2D eigenvalue weighted by atomic mass is 9.82. The van der Waals surface area contributed by atoms with Gasteiger partial charge in [0.1, 0.15) is 11.5 Å². The molecule has 0 fully saturated rings. The number of phenolic OH excluding ortho intramolecular Hbond substituents is 2. The Morgan fingerprint density at radius 2 is 0.557 bits per heavy atom. The van der Waals surface area contributed by atoms with E-state index in [2.05, 4.69) is 93.4 Å². The first kappa shape index (κ1) is 110. The predicted molar refractivity (Wildman–Crippen MR) is 581 cm³/mol. The molecule has 0 heterocycles. The third-order valence-electron chi connectivity index (χ3n) is 22.3. The van der Waals surface area contributed by atoms with E-state index in [0.29, 0.717) is 44.9 Å². The van der Waals surface area contributed by atoms with Crippen molar-refractivity contribution in [2.75, 3.05) is 56.0 Å². The highest BCUT2D eigenvalue weighted by atomic mass is 16.3. The fourth-order valence-corrected chi connectivity index (χ4v) is 16.9. The van der Waals surface area contributed by atoms with Crippen LogP contribution in [0.2, 0.25) is 0 Å². The largest absolute Gasteiger partial charge is 0.507 e. The molecule has 0 aromatic heterocycles. The molecule has 0 atom stereocenters. The quantitative estimate of drug-likeness (QED) is 0.0755. The van der Waals surface area contributed by atoms with Crippen LogP contribution in [0.1, 0.15) is 201 Å². The number of hydrogen-bond donors (Lipinski definition) is 8. The third kappa shape index (κ3) is 19.5. The van der Waals surface area contributed by atoms with Crippen molar-refractivity contribution < 1.29 is 29.4 Å². The van der Waals surface area contributed by atoms with E-state index in [-0.39, 0.29) is 139 Å².